The number of thiazole rings is 2. The second-order valence-electron chi connectivity index (χ2n) is 17.7. The van der Waals surface area contributed by atoms with Gasteiger partial charge in [-0.1, -0.05) is 76.0 Å². The molecule has 4 amide bonds. The number of hydrogen-bond acceptors (Lipinski definition) is 20. The first-order valence-electron chi connectivity index (χ1n) is 23.1. The number of aromatic nitrogens is 2. The van der Waals surface area contributed by atoms with Crippen LogP contribution in [0.5, 0.6) is 0 Å². The lowest BCUT2D eigenvalue weighted by Gasteiger charge is -2.27. The van der Waals surface area contributed by atoms with Gasteiger partial charge in [0.05, 0.1) is 25.9 Å². The third kappa shape index (κ3) is 18.7. The number of hydrogen-bond donors (Lipinski definition) is 4. The van der Waals surface area contributed by atoms with Gasteiger partial charge in [0, 0.05) is 47.6 Å². The number of allylic oxidation sites excluding steroid dienone is 2. The zero-order valence-corrected chi connectivity index (χ0v) is 46.6. The molecule has 0 aliphatic carbocycles. The van der Waals surface area contributed by atoms with Crippen LogP contribution in [-0.2, 0) is 60.9 Å². The summed E-state index contributed by atoms with van der Waals surface area (Å²) in [6.07, 6.45) is 6.46. The summed E-state index contributed by atoms with van der Waals surface area (Å²) < 4.78 is 11.1. The van der Waals surface area contributed by atoms with Gasteiger partial charge in [-0.05, 0) is 44.6 Å². The van der Waals surface area contributed by atoms with E-state index >= 15 is 0 Å². The second-order valence-corrected chi connectivity index (χ2v) is 24.1. The van der Waals surface area contributed by atoms with Crippen LogP contribution in [0.25, 0.3) is 0 Å². The van der Waals surface area contributed by atoms with Crippen molar-refractivity contribution in [2.45, 2.75) is 130 Å². The molecule has 4 aliphatic rings. The first-order valence-corrected chi connectivity index (χ1v) is 28.8. The highest BCUT2D eigenvalue weighted by Crippen LogP contribution is 2.33. The molecule has 72 heavy (non-hydrogen) atoms. The van der Waals surface area contributed by atoms with Crippen LogP contribution in [0.4, 0.5) is 0 Å². The summed E-state index contributed by atoms with van der Waals surface area (Å²) in [5.41, 5.74) is -0.662. The van der Waals surface area contributed by atoms with Crippen LogP contribution in [0.15, 0.2) is 58.2 Å². The third-order valence-corrected chi connectivity index (χ3v) is 16.6. The van der Waals surface area contributed by atoms with Crippen molar-refractivity contribution in [1.82, 2.24) is 31.2 Å². The van der Waals surface area contributed by atoms with Gasteiger partial charge in [-0.25, -0.2) is 19.6 Å². The number of fused-ring (bicyclic) bond motifs is 8. The van der Waals surface area contributed by atoms with Gasteiger partial charge in [0.2, 0.25) is 23.6 Å². The van der Waals surface area contributed by atoms with E-state index in [0.717, 1.165) is 17.2 Å². The molecule has 0 unspecified atom stereocenters. The van der Waals surface area contributed by atoms with Gasteiger partial charge in [0.15, 0.2) is 10.2 Å². The Labute approximate surface area is 445 Å². The maximum absolute atomic E-state index is 13.2. The molecule has 4 N–H and O–H groups in total. The molecule has 2 aromatic rings. The minimum absolute atomic E-state index is 0.0283. The van der Waals surface area contributed by atoms with Crippen molar-refractivity contribution in [2.24, 2.45) is 21.8 Å². The molecule has 0 saturated heterocycles. The van der Waals surface area contributed by atoms with Gasteiger partial charge < -0.3 is 30.7 Å². The van der Waals surface area contributed by atoms with E-state index in [1.54, 1.807) is 32.9 Å². The lowest BCUT2D eigenvalue weighted by molar-refractivity contribution is -0.154. The van der Waals surface area contributed by atoms with Gasteiger partial charge >= 0.3 is 11.9 Å². The quantitative estimate of drug-likeness (QED) is 0.118. The molecule has 0 radical (unpaired) electrons. The third-order valence-electron chi connectivity index (χ3n) is 10.6. The fourth-order valence-electron chi connectivity index (χ4n) is 6.49. The summed E-state index contributed by atoms with van der Waals surface area (Å²) in [5, 5.41) is 18.0. The van der Waals surface area contributed by atoms with Crippen LogP contribution >= 0.6 is 69.7 Å². The van der Waals surface area contributed by atoms with Crippen LogP contribution < -0.4 is 21.3 Å². The molecular weight excluding hydrogens is 1040 g/mol. The largest absolute Gasteiger partial charge is 0.456 e. The number of cyclic esters (lactones) is 2. The topological polar surface area (TPSA) is 254 Å². The number of thioether (sulfide) groups is 4. The van der Waals surface area contributed by atoms with E-state index in [-0.39, 0.29) is 71.6 Å². The number of nitrogens with one attached hydrogen (secondary N) is 4. The van der Waals surface area contributed by atoms with E-state index in [0.29, 0.717) is 50.2 Å². The van der Waals surface area contributed by atoms with E-state index < -0.39 is 47.3 Å². The van der Waals surface area contributed by atoms with E-state index in [9.17, 15) is 38.4 Å². The summed E-state index contributed by atoms with van der Waals surface area (Å²) >= 11 is 8.27. The lowest BCUT2D eigenvalue weighted by Crippen LogP contribution is -2.53. The predicted octanol–water partition coefficient (Wildman–Crippen LogP) is 6.19. The molecule has 4 aliphatic heterocycles. The van der Waals surface area contributed by atoms with Crippen LogP contribution in [0.1, 0.15) is 102 Å². The van der Waals surface area contributed by atoms with Crippen LogP contribution in [0, 0.1) is 11.8 Å². The molecule has 0 aromatic carbocycles. The Morgan fingerprint density at radius 1 is 0.722 bits per heavy atom. The molecular formula is C48H64N8O10S6. The van der Waals surface area contributed by atoms with Crippen molar-refractivity contribution in [2.75, 3.05) is 23.0 Å². The molecule has 392 valence electrons. The highest BCUT2D eigenvalue weighted by atomic mass is 32.2. The number of rotatable bonds is 10. The Hall–Kier alpha value is -4.62. The minimum atomic E-state index is -1.03. The van der Waals surface area contributed by atoms with Crippen molar-refractivity contribution in [1.29, 1.82) is 0 Å². The number of carbonyl (C=O) groups excluding carboxylic acids is 8. The Morgan fingerprint density at radius 3 is 1.57 bits per heavy atom. The average molecular weight is 1110 g/mol. The zero-order valence-electron chi connectivity index (χ0n) is 41.7. The van der Waals surface area contributed by atoms with Crippen LogP contribution in [0.2, 0.25) is 0 Å². The molecule has 0 saturated carbocycles. The van der Waals surface area contributed by atoms with Crippen molar-refractivity contribution in [3.8, 4) is 0 Å². The fraction of sp³-hybridized carbons (Fsp3) is 0.542. The molecule has 18 nitrogen and oxygen atoms in total. The van der Waals surface area contributed by atoms with E-state index in [4.69, 9.17) is 9.47 Å². The van der Waals surface area contributed by atoms with E-state index in [1.807, 2.05) is 44.5 Å². The number of carbonyl (C=O) groups is 8. The average Bonchev–Trinajstić information content (AvgIpc) is 4.15. The molecule has 0 fully saturated rings. The Bertz CT molecular complexity index is 2420. The summed E-state index contributed by atoms with van der Waals surface area (Å²) in [7, 11) is 0. The van der Waals surface area contributed by atoms with Gasteiger partial charge in [-0.2, -0.15) is 0 Å². The Morgan fingerprint density at radius 2 is 1.15 bits per heavy atom. The lowest BCUT2D eigenvalue weighted by atomic mass is 10.0. The summed E-state index contributed by atoms with van der Waals surface area (Å²) in [5.74, 6) is -0.569. The van der Waals surface area contributed by atoms with E-state index in [2.05, 4.69) is 54.4 Å². The Kier molecular flexibility index (Phi) is 23.9. The highest BCUT2D eigenvalue weighted by Gasteiger charge is 2.43. The van der Waals surface area contributed by atoms with Gasteiger partial charge in [0.1, 0.15) is 66.9 Å². The van der Waals surface area contributed by atoms with Gasteiger partial charge in [0.25, 0.3) is 0 Å². The Balaban J connectivity index is 0.000000275. The molecule has 0 spiro atoms. The number of amides is 4. The van der Waals surface area contributed by atoms with Gasteiger partial charge in [-0.3, -0.25) is 38.8 Å². The first-order chi connectivity index (χ1) is 34.1. The van der Waals surface area contributed by atoms with Crippen molar-refractivity contribution < 1.29 is 47.8 Å². The standard InChI is InChI=1S/C23H30N4O5S3.C19H24N4O4S2.C6H10OS/c1-13(2)19-21(30)32-15(7-5-6-8-33-14(3)28)9-17(29)24-10-18-25-16(11-34-18)20-27-23(4,12-35-20)22(31)26-19;1-5-11-6-13(24)20-7-14-21-12(8-28-14)16-23-19(4,9-29-16)18(26)22-15(10(2)3)17(25)27-11;1-3-4-5-8-6(2)7/h5,7,11,13,15,19H,6,8-10,12H2,1-4H3,(H,24,29)(H,26,31);5,8,10-11,15H,1,6-7,9H2,2-4H3,(H,20,24)(H,22,26);3H,1,4-5H2,2H3/b7-5+;;/t15-,19+,23+;11-,15+,19+;/m11./s1. The normalized spacial score (nSPS) is 25.0. The molecule has 6 heterocycles. The predicted molar refractivity (Wildman–Crippen MR) is 290 cm³/mol. The van der Waals surface area contributed by atoms with Crippen molar-refractivity contribution >= 4 is 126 Å². The van der Waals surface area contributed by atoms with Crippen molar-refractivity contribution in [3.63, 3.8) is 0 Å². The molecule has 24 heteroatoms. The molecule has 2 aromatic heterocycles. The first kappa shape index (κ1) is 59.9. The second kappa shape index (κ2) is 28.7. The highest BCUT2D eigenvalue weighted by molar-refractivity contribution is 8.15. The maximum atomic E-state index is 13.2. The number of esters is 2. The summed E-state index contributed by atoms with van der Waals surface area (Å²) in [6.45, 7) is 21.5. The number of aliphatic imine (C=N–C) groups is 2. The maximum Gasteiger partial charge on any atom is 0.329 e. The molecule has 6 atom stereocenters. The molecule has 6 rings (SSSR count). The van der Waals surface area contributed by atoms with Crippen molar-refractivity contribution in [3.05, 3.63) is 69.6 Å². The number of ether oxygens (including phenoxy) is 2. The van der Waals surface area contributed by atoms with E-state index in [1.165, 1.54) is 82.7 Å². The zero-order chi connectivity index (χ0) is 53.2. The SMILES string of the molecule is C=CCCSC(C)=O.C=C[C@@H]1CC(=O)NCc2nc(cs2)C2=N[C@@](C)(CS2)C(=O)N[C@@H](C(C)C)C(=O)O1.CC(=O)SCC/C=C/[C@@H]1CC(=O)NCc2nc(cs2)C2=N[C@@](C)(CS2)C(=O)N[C@@H](C(C)C)C(=O)O1. The van der Waals surface area contributed by atoms with Crippen LogP contribution in [-0.4, -0.2) is 124 Å². The smallest absolute Gasteiger partial charge is 0.329 e. The summed E-state index contributed by atoms with van der Waals surface area (Å²) in [4.78, 5) is 116. The summed E-state index contributed by atoms with van der Waals surface area (Å²) in [6, 6.07) is -1.75. The van der Waals surface area contributed by atoms with Gasteiger partial charge in [-0.15, -0.1) is 52.8 Å². The monoisotopic (exact) mass is 1100 g/mol. The fourth-order valence-corrected chi connectivity index (χ4v) is 11.5. The van der Waals surface area contributed by atoms with Crippen LogP contribution in [0.3, 0.4) is 0 Å². The molecule has 8 bridgehead atoms. The minimum Gasteiger partial charge on any atom is -0.456 e. The number of nitrogens with zero attached hydrogens (tertiary/aromatic N) is 4.